The van der Waals surface area contributed by atoms with Crippen molar-refractivity contribution in [1.29, 1.82) is 0 Å². The Bertz CT molecular complexity index is 396. The highest BCUT2D eigenvalue weighted by Gasteiger charge is 2.27. The summed E-state index contributed by atoms with van der Waals surface area (Å²) in [5, 5.41) is 0.348. The summed E-state index contributed by atoms with van der Waals surface area (Å²) in [6, 6.07) is 0.270. The second kappa shape index (κ2) is 7.84. The van der Waals surface area contributed by atoms with Crippen molar-refractivity contribution in [1.82, 2.24) is 0 Å². The lowest BCUT2D eigenvalue weighted by Gasteiger charge is -2.30. The molecule has 0 bridgehead atoms. The van der Waals surface area contributed by atoms with Gasteiger partial charge in [0.05, 0.1) is 6.04 Å². The van der Waals surface area contributed by atoms with Crippen molar-refractivity contribution in [2.24, 2.45) is 10.9 Å². The molecule has 0 aromatic heterocycles. The maximum Gasteiger partial charge on any atom is 0.134 e. The highest BCUT2D eigenvalue weighted by atomic mass is 35.5. The van der Waals surface area contributed by atoms with Gasteiger partial charge in [0.2, 0.25) is 0 Å². The lowest BCUT2D eigenvalue weighted by Crippen LogP contribution is -2.28. The predicted octanol–water partition coefficient (Wildman–Crippen LogP) is 5.80. The standard InChI is InChI=1S/C16H25ClFN/c1-5-7-8-12(4)15(13(18)6-2)16(17)19-14-10-9-11(14)3/h6,11,14H,5,7-10H2,1-4H3/b13-6+,15-12+,19-16?. The molecule has 1 aliphatic rings. The lowest BCUT2D eigenvalue weighted by atomic mass is 9.81. The van der Waals surface area contributed by atoms with E-state index in [4.69, 9.17) is 11.6 Å². The van der Waals surface area contributed by atoms with E-state index >= 15 is 0 Å². The smallest absolute Gasteiger partial charge is 0.134 e. The number of hydrogen-bond donors (Lipinski definition) is 0. The van der Waals surface area contributed by atoms with E-state index in [1.54, 1.807) is 6.92 Å². The van der Waals surface area contributed by atoms with Gasteiger partial charge in [-0.1, -0.05) is 43.5 Å². The number of rotatable bonds is 6. The Morgan fingerprint density at radius 3 is 2.53 bits per heavy atom. The third kappa shape index (κ3) is 4.45. The van der Waals surface area contributed by atoms with Crippen LogP contribution in [0.25, 0.3) is 0 Å². The minimum Gasteiger partial charge on any atom is -0.269 e. The summed E-state index contributed by atoms with van der Waals surface area (Å²) in [6.07, 6.45) is 6.74. The maximum atomic E-state index is 14.0. The van der Waals surface area contributed by atoms with Gasteiger partial charge in [-0.25, -0.2) is 4.39 Å². The van der Waals surface area contributed by atoms with Crippen LogP contribution in [0, 0.1) is 5.92 Å². The normalized spacial score (nSPS) is 26.0. The molecule has 108 valence electrons. The summed E-state index contributed by atoms with van der Waals surface area (Å²) < 4.78 is 14.0. The van der Waals surface area contributed by atoms with Crippen LogP contribution in [0.3, 0.4) is 0 Å². The Labute approximate surface area is 121 Å². The van der Waals surface area contributed by atoms with E-state index in [1.165, 1.54) is 12.5 Å². The van der Waals surface area contributed by atoms with E-state index in [9.17, 15) is 4.39 Å². The van der Waals surface area contributed by atoms with Crippen LogP contribution < -0.4 is 0 Å². The highest BCUT2D eigenvalue weighted by molar-refractivity contribution is 6.70. The molecule has 0 amide bonds. The molecule has 0 aromatic carbocycles. The topological polar surface area (TPSA) is 12.4 Å². The Balaban J connectivity index is 2.96. The zero-order valence-corrected chi connectivity index (χ0v) is 13.2. The monoisotopic (exact) mass is 285 g/mol. The molecule has 2 unspecified atom stereocenters. The third-order valence-electron chi connectivity index (χ3n) is 3.88. The van der Waals surface area contributed by atoms with Gasteiger partial charge in [-0.05, 0) is 45.4 Å². The number of halogens is 2. The molecule has 3 heteroatoms. The molecule has 0 spiro atoms. The molecule has 1 rings (SSSR count). The first-order valence-electron chi connectivity index (χ1n) is 7.26. The summed E-state index contributed by atoms with van der Waals surface area (Å²) >= 11 is 6.28. The highest BCUT2D eigenvalue weighted by Crippen LogP contribution is 2.32. The molecule has 1 saturated carbocycles. The van der Waals surface area contributed by atoms with Crippen molar-refractivity contribution in [2.45, 2.75) is 65.8 Å². The van der Waals surface area contributed by atoms with Crippen LogP contribution in [0.2, 0.25) is 0 Å². The van der Waals surface area contributed by atoms with Crippen LogP contribution in [0.4, 0.5) is 4.39 Å². The second-order valence-electron chi connectivity index (χ2n) is 5.44. The lowest BCUT2D eigenvalue weighted by molar-refractivity contribution is 0.285. The van der Waals surface area contributed by atoms with Crippen molar-refractivity contribution in [3.8, 4) is 0 Å². The van der Waals surface area contributed by atoms with Crippen molar-refractivity contribution < 1.29 is 4.39 Å². The fourth-order valence-corrected chi connectivity index (χ4v) is 2.62. The average Bonchev–Trinajstić information content (AvgIpc) is 2.40. The molecule has 0 radical (unpaired) electrons. The van der Waals surface area contributed by atoms with Crippen molar-refractivity contribution >= 4 is 16.8 Å². The van der Waals surface area contributed by atoms with E-state index < -0.39 is 0 Å². The van der Waals surface area contributed by atoms with E-state index in [2.05, 4.69) is 18.8 Å². The molecule has 0 heterocycles. The average molecular weight is 286 g/mol. The van der Waals surface area contributed by atoms with Crippen LogP contribution in [0.1, 0.15) is 59.8 Å². The van der Waals surface area contributed by atoms with E-state index in [0.717, 1.165) is 31.3 Å². The van der Waals surface area contributed by atoms with Gasteiger partial charge in [-0.3, -0.25) is 4.99 Å². The van der Waals surface area contributed by atoms with Gasteiger partial charge in [-0.2, -0.15) is 0 Å². The number of aliphatic imine (C=N–C) groups is 1. The zero-order valence-electron chi connectivity index (χ0n) is 12.5. The number of allylic oxidation sites excluding steroid dienone is 4. The first-order valence-corrected chi connectivity index (χ1v) is 7.64. The minimum atomic E-state index is -0.255. The van der Waals surface area contributed by atoms with Crippen LogP contribution in [0.5, 0.6) is 0 Å². The molecular weight excluding hydrogens is 261 g/mol. The van der Waals surface area contributed by atoms with Crippen molar-refractivity contribution in [3.05, 3.63) is 23.0 Å². The van der Waals surface area contributed by atoms with Gasteiger partial charge in [0.1, 0.15) is 11.0 Å². The summed E-state index contributed by atoms with van der Waals surface area (Å²) in [5.41, 5.74) is 1.51. The molecule has 0 aromatic rings. The first-order chi connectivity index (χ1) is 9.01. The van der Waals surface area contributed by atoms with Gasteiger partial charge in [0.25, 0.3) is 0 Å². The Hall–Kier alpha value is -0.630. The molecule has 19 heavy (non-hydrogen) atoms. The number of unbranched alkanes of at least 4 members (excludes halogenated alkanes) is 1. The molecule has 1 fully saturated rings. The summed E-state index contributed by atoms with van der Waals surface area (Å²) in [5.74, 6) is 0.314. The Morgan fingerprint density at radius 1 is 1.42 bits per heavy atom. The van der Waals surface area contributed by atoms with Gasteiger partial charge >= 0.3 is 0 Å². The molecule has 1 nitrogen and oxygen atoms in total. The van der Waals surface area contributed by atoms with Crippen LogP contribution >= 0.6 is 11.6 Å². The fraction of sp³-hybridized carbons (Fsp3) is 0.688. The van der Waals surface area contributed by atoms with Crippen molar-refractivity contribution in [3.63, 3.8) is 0 Å². The molecule has 1 aliphatic carbocycles. The van der Waals surface area contributed by atoms with Gasteiger partial charge < -0.3 is 0 Å². The Morgan fingerprint density at radius 2 is 2.11 bits per heavy atom. The molecular formula is C16H25ClFN. The van der Waals surface area contributed by atoms with Crippen LogP contribution in [0.15, 0.2) is 28.0 Å². The molecule has 0 aliphatic heterocycles. The minimum absolute atomic E-state index is 0.255. The van der Waals surface area contributed by atoms with Gasteiger partial charge in [-0.15, -0.1) is 0 Å². The fourth-order valence-electron chi connectivity index (χ4n) is 2.24. The second-order valence-corrected chi connectivity index (χ2v) is 5.80. The Kier molecular flexibility index (Phi) is 6.78. The van der Waals surface area contributed by atoms with E-state index in [-0.39, 0.29) is 11.9 Å². The predicted molar refractivity (Wildman–Crippen MR) is 82.6 cm³/mol. The quantitative estimate of drug-likeness (QED) is 0.432. The maximum absolute atomic E-state index is 14.0. The van der Waals surface area contributed by atoms with E-state index in [0.29, 0.717) is 16.7 Å². The van der Waals surface area contributed by atoms with Crippen molar-refractivity contribution in [2.75, 3.05) is 0 Å². The summed E-state index contributed by atoms with van der Waals surface area (Å²) in [6.45, 7) is 7.95. The summed E-state index contributed by atoms with van der Waals surface area (Å²) in [4.78, 5) is 4.51. The molecule has 0 N–H and O–H groups in total. The summed E-state index contributed by atoms with van der Waals surface area (Å²) in [7, 11) is 0. The number of nitrogens with zero attached hydrogens (tertiary/aromatic N) is 1. The zero-order chi connectivity index (χ0) is 14.4. The van der Waals surface area contributed by atoms with E-state index in [1.807, 2.05) is 6.92 Å². The van der Waals surface area contributed by atoms with Gasteiger partial charge in [0.15, 0.2) is 0 Å². The number of hydrogen-bond acceptors (Lipinski definition) is 1. The largest absolute Gasteiger partial charge is 0.269 e. The first kappa shape index (κ1) is 16.4. The SMILES string of the molecule is C/C=C(F)\C(C(Cl)=NC1CCC1C)=C(\C)CCCC. The molecule has 2 atom stereocenters. The van der Waals surface area contributed by atoms with Gasteiger partial charge in [0, 0.05) is 5.57 Å². The third-order valence-corrected chi connectivity index (χ3v) is 4.17. The molecule has 0 saturated heterocycles. The van der Waals surface area contributed by atoms with Crippen LogP contribution in [-0.2, 0) is 0 Å². The van der Waals surface area contributed by atoms with Crippen LogP contribution in [-0.4, -0.2) is 11.2 Å².